The maximum Gasteiger partial charge on any atom is 0.243 e. The minimum atomic E-state index is 0. The Labute approximate surface area is 183 Å². The molecule has 3 rings (SSSR count). The van der Waals surface area contributed by atoms with Crippen LogP contribution in [0.2, 0.25) is 0 Å². The summed E-state index contributed by atoms with van der Waals surface area (Å²) in [7, 11) is 3.53. The first-order valence-corrected chi connectivity index (χ1v) is 10.4. The molecule has 1 amide bonds. The standard InChI is InChI=1S/C19H31N5OS.HI/c1-12-13(2)26-17(22-12)7-8-20-19(21-11-18(25)24(3)4)23-16-10-14-5-6-15(16)9-14;/h14-16H,5-11H2,1-4H3,(H2,20,21,23);1H. The predicted molar refractivity (Wildman–Crippen MR) is 122 cm³/mol. The number of thiazole rings is 1. The lowest BCUT2D eigenvalue weighted by Crippen LogP contribution is -2.46. The number of guanidine groups is 1. The SMILES string of the molecule is Cc1nc(CCNC(=NCC(=O)N(C)C)NC2CC3CCC2C3)sc1C.I. The zero-order valence-electron chi connectivity index (χ0n) is 16.7. The van der Waals surface area contributed by atoms with E-state index in [-0.39, 0.29) is 36.4 Å². The molecule has 3 atom stereocenters. The molecule has 0 aliphatic heterocycles. The number of nitrogens with one attached hydrogen (secondary N) is 2. The molecular weight excluding hydrogens is 473 g/mol. The number of aliphatic imine (C=N–C) groups is 1. The Morgan fingerprint density at radius 2 is 2.07 bits per heavy atom. The van der Waals surface area contributed by atoms with Crippen molar-refractivity contribution in [3.05, 3.63) is 15.6 Å². The molecule has 152 valence electrons. The van der Waals surface area contributed by atoms with Crippen LogP contribution in [-0.4, -0.2) is 55.0 Å². The van der Waals surface area contributed by atoms with E-state index in [0.717, 1.165) is 41.5 Å². The van der Waals surface area contributed by atoms with Gasteiger partial charge in [-0.25, -0.2) is 9.98 Å². The van der Waals surface area contributed by atoms with Crippen molar-refractivity contribution in [3.63, 3.8) is 0 Å². The van der Waals surface area contributed by atoms with E-state index >= 15 is 0 Å². The Kier molecular flexibility index (Phi) is 8.33. The molecule has 2 aliphatic rings. The van der Waals surface area contributed by atoms with Gasteiger partial charge in [0.1, 0.15) is 6.54 Å². The number of carbonyl (C=O) groups is 1. The number of hydrogen-bond acceptors (Lipinski definition) is 4. The van der Waals surface area contributed by atoms with Gasteiger partial charge in [0.15, 0.2) is 5.96 Å². The van der Waals surface area contributed by atoms with Crippen molar-refractivity contribution < 1.29 is 4.79 Å². The number of carbonyl (C=O) groups excluding carboxylic acids is 1. The van der Waals surface area contributed by atoms with Gasteiger partial charge in [0.05, 0.1) is 10.7 Å². The fourth-order valence-corrected chi connectivity index (χ4v) is 4.91. The second kappa shape index (κ2) is 10.0. The molecule has 8 heteroatoms. The summed E-state index contributed by atoms with van der Waals surface area (Å²) in [5, 5.41) is 8.16. The van der Waals surface area contributed by atoms with E-state index in [1.807, 2.05) is 0 Å². The summed E-state index contributed by atoms with van der Waals surface area (Å²) in [5.41, 5.74) is 1.12. The highest BCUT2D eigenvalue weighted by Crippen LogP contribution is 2.44. The van der Waals surface area contributed by atoms with Crippen LogP contribution in [0.5, 0.6) is 0 Å². The van der Waals surface area contributed by atoms with Gasteiger partial charge >= 0.3 is 0 Å². The van der Waals surface area contributed by atoms with Crippen LogP contribution in [0.4, 0.5) is 0 Å². The Balaban J connectivity index is 0.00000261. The van der Waals surface area contributed by atoms with Crippen molar-refractivity contribution in [2.24, 2.45) is 16.8 Å². The molecule has 2 bridgehead atoms. The van der Waals surface area contributed by atoms with E-state index in [2.05, 4.69) is 34.5 Å². The molecule has 0 spiro atoms. The molecule has 1 heterocycles. The van der Waals surface area contributed by atoms with Crippen LogP contribution >= 0.6 is 35.3 Å². The first kappa shape index (κ1) is 22.4. The number of fused-ring (bicyclic) bond motifs is 2. The summed E-state index contributed by atoms with van der Waals surface area (Å²) in [6.07, 6.45) is 6.16. The molecule has 2 saturated carbocycles. The van der Waals surface area contributed by atoms with Gasteiger partial charge in [-0.05, 0) is 44.9 Å². The zero-order valence-corrected chi connectivity index (χ0v) is 19.9. The number of rotatable bonds is 6. The molecule has 0 saturated heterocycles. The molecule has 2 aliphatic carbocycles. The normalized spacial score (nSPS) is 23.9. The van der Waals surface area contributed by atoms with Crippen molar-refractivity contribution in [2.75, 3.05) is 27.2 Å². The lowest BCUT2D eigenvalue weighted by molar-refractivity contribution is -0.127. The van der Waals surface area contributed by atoms with E-state index < -0.39 is 0 Å². The first-order valence-electron chi connectivity index (χ1n) is 9.60. The van der Waals surface area contributed by atoms with Gasteiger partial charge in [0.25, 0.3) is 0 Å². The van der Waals surface area contributed by atoms with Crippen molar-refractivity contribution in [2.45, 2.75) is 52.0 Å². The number of nitrogens with zero attached hydrogens (tertiary/aromatic N) is 3. The lowest BCUT2D eigenvalue weighted by Gasteiger charge is -2.25. The number of halogens is 1. The topological polar surface area (TPSA) is 69.6 Å². The van der Waals surface area contributed by atoms with Crippen molar-refractivity contribution in [1.29, 1.82) is 0 Å². The van der Waals surface area contributed by atoms with Gasteiger partial charge in [-0.1, -0.05) is 6.42 Å². The Morgan fingerprint density at radius 3 is 2.63 bits per heavy atom. The van der Waals surface area contributed by atoms with Crippen LogP contribution in [0.25, 0.3) is 0 Å². The lowest BCUT2D eigenvalue weighted by atomic mass is 9.95. The van der Waals surface area contributed by atoms with Crippen LogP contribution in [0.1, 0.15) is 41.3 Å². The quantitative estimate of drug-likeness (QED) is 0.355. The molecule has 27 heavy (non-hydrogen) atoms. The fourth-order valence-electron chi connectivity index (χ4n) is 3.97. The zero-order chi connectivity index (χ0) is 18.7. The average Bonchev–Trinajstić information content (AvgIpc) is 3.28. The Morgan fingerprint density at radius 1 is 1.30 bits per heavy atom. The number of aryl methyl sites for hydroxylation is 2. The molecule has 6 nitrogen and oxygen atoms in total. The van der Waals surface area contributed by atoms with Crippen molar-refractivity contribution >= 4 is 47.2 Å². The van der Waals surface area contributed by atoms with Gasteiger partial charge in [-0.3, -0.25) is 4.79 Å². The molecule has 1 aromatic heterocycles. The summed E-state index contributed by atoms with van der Waals surface area (Å²) < 4.78 is 0. The minimum absolute atomic E-state index is 0. The van der Waals surface area contributed by atoms with Gasteiger partial charge in [-0.15, -0.1) is 35.3 Å². The summed E-state index contributed by atoms with van der Waals surface area (Å²) in [6.45, 7) is 5.12. The van der Waals surface area contributed by atoms with Crippen LogP contribution in [0, 0.1) is 25.7 Å². The van der Waals surface area contributed by atoms with Crippen LogP contribution in [0.3, 0.4) is 0 Å². The van der Waals surface area contributed by atoms with Gasteiger partial charge in [0, 0.05) is 38.0 Å². The average molecular weight is 505 g/mol. The fraction of sp³-hybridized carbons (Fsp3) is 0.737. The smallest absolute Gasteiger partial charge is 0.243 e. The molecule has 1 aromatic rings. The molecule has 2 fully saturated rings. The van der Waals surface area contributed by atoms with Crippen molar-refractivity contribution in [3.8, 4) is 0 Å². The van der Waals surface area contributed by atoms with E-state index in [0.29, 0.717) is 6.04 Å². The third kappa shape index (κ3) is 6.04. The summed E-state index contributed by atoms with van der Waals surface area (Å²) in [5.74, 6) is 2.43. The van der Waals surface area contributed by atoms with Crippen LogP contribution in [0.15, 0.2) is 4.99 Å². The van der Waals surface area contributed by atoms with E-state index in [1.165, 1.54) is 30.6 Å². The van der Waals surface area contributed by atoms with Gasteiger partial charge in [-0.2, -0.15) is 0 Å². The Hall–Kier alpha value is -0.900. The van der Waals surface area contributed by atoms with E-state index in [1.54, 1.807) is 30.3 Å². The van der Waals surface area contributed by atoms with Gasteiger partial charge in [0.2, 0.25) is 5.91 Å². The number of likely N-dealkylation sites (N-methyl/N-ethyl adjacent to an activating group) is 1. The van der Waals surface area contributed by atoms with E-state index in [9.17, 15) is 4.79 Å². The van der Waals surface area contributed by atoms with Crippen LogP contribution < -0.4 is 10.6 Å². The summed E-state index contributed by atoms with van der Waals surface area (Å²) >= 11 is 1.76. The molecule has 0 aromatic carbocycles. The maximum atomic E-state index is 11.9. The highest BCUT2D eigenvalue weighted by atomic mass is 127. The van der Waals surface area contributed by atoms with E-state index in [4.69, 9.17) is 0 Å². The molecule has 0 radical (unpaired) electrons. The second-order valence-corrected chi connectivity index (χ2v) is 9.09. The summed E-state index contributed by atoms with van der Waals surface area (Å²) in [6, 6.07) is 0.499. The molecule has 3 unspecified atom stereocenters. The minimum Gasteiger partial charge on any atom is -0.356 e. The second-order valence-electron chi connectivity index (χ2n) is 7.80. The number of aromatic nitrogens is 1. The number of amides is 1. The molecular formula is C19H32IN5OS. The largest absolute Gasteiger partial charge is 0.356 e. The maximum absolute atomic E-state index is 11.9. The Bertz CT molecular complexity index is 656. The summed E-state index contributed by atoms with van der Waals surface area (Å²) in [4.78, 5) is 23.9. The predicted octanol–water partition coefficient (Wildman–Crippen LogP) is 2.73. The molecule has 2 N–H and O–H groups in total. The first-order chi connectivity index (χ1) is 12.4. The third-order valence-corrected chi connectivity index (χ3v) is 6.77. The monoisotopic (exact) mass is 505 g/mol. The third-order valence-electron chi connectivity index (χ3n) is 5.64. The van der Waals surface area contributed by atoms with Crippen LogP contribution in [-0.2, 0) is 11.2 Å². The van der Waals surface area contributed by atoms with Crippen molar-refractivity contribution in [1.82, 2.24) is 20.5 Å². The highest BCUT2D eigenvalue weighted by Gasteiger charge is 2.39. The highest BCUT2D eigenvalue weighted by molar-refractivity contribution is 14.0. The van der Waals surface area contributed by atoms with Gasteiger partial charge < -0.3 is 15.5 Å². The number of hydrogen-bond donors (Lipinski definition) is 2.